The lowest BCUT2D eigenvalue weighted by Crippen LogP contribution is -2.15. The summed E-state index contributed by atoms with van der Waals surface area (Å²) in [6.07, 6.45) is -1.88. The number of amides is 1. The standard InChI is InChI=1S/C20H13ClF3N5O2/c1-31-13-6-4-11(5-7-13)14-9-15(20(22,23)24)29-18(27-14)16(21)17(28-29)19(30)26-12-3-2-8-25-10-12/h2-10H,1H3,(H,26,30). The molecule has 158 valence electrons. The number of hydrogen-bond acceptors (Lipinski definition) is 5. The zero-order chi connectivity index (χ0) is 22.2. The first-order valence-corrected chi connectivity index (χ1v) is 9.18. The van der Waals surface area contributed by atoms with Gasteiger partial charge < -0.3 is 10.1 Å². The maximum atomic E-state index is 13.8. The van der Waals surface area contributed by atoms with Crippen LogP contribution < -0.4 is 10.1 Å². The molecule has 0 bridgehead atoms. The van der Waals surface area contributed by atoms with E-state index in [0.717, 1.165) is 6.07 Å². The van der Waals surface area contributed by atoms with Crippen molar-refractivity contribution < 1.29 is 22.7 Å². The Kier molecular flexibility index (Phi) is 5.24. The molecule has 3 heterocycles. The largest absolute Gasteiger partial charge is 0.497 e. The molecule has 0 aliphatic heterocycles. The van der Waals surface area contributed by atoms with E-state index in [0.29, 0.717) is 21.5 Å². The molecular weight excluding hydrogens is 435 g/mol. The Morgan fingerprint density at radius 3 is 2.55 bits per heavy atom. The molecule has 0 unspecified atom stereocenters. The highest BCUT2D eigenvalue weighted by molar-refractivity contribution is 6.37. The van der Waals surface area contributed by atoms with Crippen molar-refractivity contribution in [3.05, 3.63) is 71.3 Å². The minimum atomic E-state index is -4.77. The first-order chi connectivity index (χ1) is 14.8. The highest BCUT2D eigenvalue weighted by Crippen LogP contribution is 2.35. The SMILES string of the molecule is COc1ccc(-c2cc(C(F)(F)F)n3nc(C(=O)Nc4cccnc4)c(Cl)c3n2)cc1. The number of fused-ring (bicyclic) bond motifs is 1. The van der Waals surface area contributed by atoms with Crippen molar-refractivity contribution in [3.63, 3.8) is 0 Å². The van der Waals surface area contributed by atoms with Crippen LogP contribution in [0.15, 0.2) is 54.9 Å². The number of carbonyl (C=O) groups excluding carboxylic acids is 1. The third-order valence-corrected chi connectivity index (χ3v) is 4.69. The van der Waals surface area contributed by atoms with E-state index < -0.39 is 23.5 Å². The lowest BCUT2D eigenvalue weighted by molar-refractivity contribution is -0.142. The maximum absolute atomic E-state index is 13.8. The monoisotopic (exact) mass is 447 g/mol. The van der Waals surface area contributed by atoms with Crippen molar-refractivity contribution in [3.8, 4) is 17.0 Å². The number of benzene rings is 1. The lowest BCUT2D eigenvalue weighted by atomic mass is 10.1. The summed E-state index contributed by atoms with van der Waals surface area (Å²) in [5, 5.41) is 5.98. The van der Waals surface area contributed by atoms with E-state index in [1.807, 2.05) is 0 Å². The molecule has 7 nitrogen and oxygen atoms in total. The molecule has 4 rings (SSSR count). The molecule has 11 heteroatoms. The fourth-order valence-electron chi connectivity index (χ4n) is 2.88. The number of carbonyl (C=O) groups is 1. The van der Waals surface area contributed by atoms with Gasteiger partial charge in [0.2, 0.25) is 0 Å². The van der Waals surface area contributed by atoms with Crippen LogP contribution in [0, 0.1) is 0 Å². The van der Waals surface area contributed by atoms with Gasteiger partial charge in [-0.05, 0) is 42.5 Å². The number of hydrogen-bond donors (Lipinski definition) is 1. The third kappa shape index (κ3) is 4.02. The van der Waals surface area contributed by atoms with Crippen LogP contribution in [0.25, 0.3) is 16.9 Å². The Labute approximate surface area is 178 Å². The fraction of sp³-hybridized carbons (Fsp3) is 0.100. The Balaban J connectivity index is 1.84. The van der Waals surface area contributed by atoms with Crippen LogP contribution in [-0.4, -0.2) is 32.6 Å². The minimum Gasteiger partial charge on any atom is -0.497 e. The molecule has 0 saturated carbocycles. The van der Waals surface area contributed by atoms with Gasteiger partial charge in [-0.3, -0.25) is 9.78 Å². The first kappa shape index (κ1) is 20.6. The predicted octanol–water partition coefficient (Wildman–Crippen LogP) is 4.72. The van der Waals surface area contributed by atoms with Gasteiger partial charge >= 0.3 is 6.18 Å². The number of alkyl halides is 3. The average Bonchev–Trinajstić information content (AvgIpc) is 3.10. The Hall–Kier alpha value is -3.66. The van der Waals surface area contributed by atoms with E-state index >= 15 is 0 Å². The number of methoxy groups -OCH3 is 1. The lowest BCUT2D eigenvalue weighted by Gasteiger charge is -2.11. The summed E-state index contributed by atoms with van der Waals surface area (Å²) in [4.78, 5) is 20.6. The van der Waals surface area contributed by atoms with Gasteiger partial charge in [-0.2, -0.15) is 18.3 Å². The molecule has 0 spiro atoms. The van der Waals surface area contributed by atoms with Crippen LogP contribution in [-0.2, 0) is 6.18 Å². The van der Waals surface area contributed by atoms with E-state index in [1.165, 1.54) is 19.5 Å². The number of halogens is 4. The molecule has 0 saturated heterocycles. The Morgan fingerprint density at radius 1 is 1.19 bits per heavy atom. The van der Waals surface area contributed by atoms with Gasteiger partial charge in [-0.15, -0.1) is 0 Å². The van der Waals surface area contributed by atoms with Crippen molar-refractivity contribution in [2.45, 2.75) is 6.18 Å². The summed E-state index contributed by atoms with van der Waals surface area (Å²) in [5.74, 6) is -0.250. The van der Waals surface area contributed by atoms with Gasteiger partial charge in [0.25, 0.3) is 5.91 Å². The summed E-state index contributed by atoms with van der Waals surface area (Å²) in [7, 11) is 1.48. The second kappa shape index (κ2) is 7.88. The van der Waals surface area contributed by atoms with Gasteiger partial charge in [0.1, 0.15) is 10.8 Å². The second-order valence-electron chi connectivity index (χ2n) is 6.35. The average molecular weight is 448 g/mol. The van der Waals surface area contributed by atoms with Crippen LogP contribution in [0.2, 0.25) is 5.02 Å². The Morgan fingerprint density at radius 2 is 1.94 bits per heavy atom. The molecule has 0 aliphatic rings. The second-order valence-corrected chi connectivity index (χ2v) is 6.72. The number of nitrogens with one attached hydrogen (secondary N) is 1. The van der Waals surface area contributed by atoms with Gasteiger partial charge in [0.15, 0.2) is 17.0 Å². The van der Waals surface area contributed by atoms with Gasteiger partial charge in [0.05, 0.1) is 24.7 Å². The minimum absolute atomic E-state index is 0.0171. The van der Waals surface area contributed by atoms with Crippen LogP contribution >= 0.6 is 11.6 Å². The quantitative estimate of drug-likeness (QED) is 0.489. The molecule has 1 amide bonds. The van der Waals surface area contributed by atoms with Crippen molar-refractivity contribution >= 4 is 28.8 Å². The highest BCUT2D eigenvalue weighted by Gasteiger charge is 2.36. The molecular formula is C20H13ClF3N5O2. The van der Waals surface area contributed by atoms with Crippen molar-refractivity contribution in [1.82, 2.24) is 19.6 Å². The first-order valence-electron chi connectivity index (χ1n) is 8.80. The molecule has 0 radical (unpaired) electrons. The predicted molar refractivity (Wildman–Crippen MR) is 107 cm³/mol. The fourth-order valence-corrected chi connectivity index (χ4v) is 3.12. The maximum Gasteiger partial charge on any atom is 0.433 e. The van der Waals surface area contributed by atoms with Crippen molar-refractivity contribution in [1.29, 1.82) is 0 Å². The number of nitrogens with zero attached hydrogens (tertiary/aromatic N) is 4. The summed E-state index contributed by atoms with van der Waals surface area (Å²) in [5.41, 5.74) is -1.04. The molecule has 31 heavy (non-hydrogen) atoms. The topological polar surface area (TPSA) is 81.4 Å². The van der Waals surface area contributed by atoms with E-state index in [-0.39, 0.29) is 16.4 Å². The molecule has 0 atom stereocenters. The number of ether oxygens (including phenoxy) is 1. The number of pyridine rings is 1. The molecule has 1 aromatic carbocycles. The van der Waals surface area contributed by atoms with Crippen LogP contribution in [0.4, 0.5) is 18.9 Å². The summed E-state index contributed by atoms with van der Waals surface area (Å²) < 4.78 is 46.9. The third-order valence-electron chi connectivity index (χ3n) is 4.34. The van der Waals surface area contributed by atoms with Gasteiger partial charge in [0, 0.05) is 11.8 Å². The normalized spacial score (nSPS) is 11.5. The number of rotatable bonds is 4. The molecule has 0 fully saturated rings. The van der Waals surface area contributed by atoms with E-state index in [1.54, 1.807) is 36.4 Å². The van der Waals surface area contributed by atoms with Crippen LogP contribution in [0.5, 0.6) is 5.75 Å². The molecule has 4 aromatic rings. The zero-order valence-corrected chi connectivity index (χ0v) is 16.6. The van der Waals surface area contributed by atoms with E-state index in [2.05, 4.69) is 20.4 Å². The molecule has 3 aromatic heterocycles. The molecule has 1 N–H and O–H groups in total. The van der Waals surface area contributed by atoms with E-state index in [4.69, 9.17) is 16.3 Å². The smallest absolute Gasteiger partial charge is 0.433 e. The Bertz CT molecular complexity index is 1260. The highest BCUT2D eigenvalue weighted by atomic mass is 35.5. The zero-order valence-electron chi connectivity index (χ0n) is 15.8. The van der Waals surface area contributed by atoms with Crippen LogP contribution in [0.1, 0.15) is 16.2 Å². The van der Waals surface area contributed by atoms with E-state index in [9.17, 15) is 18.0 Å². The molecule has 0 aliphatic carbocycles. The number of anilines is 1. The van der Waals surface area contributed by atoms with Crippen LogP contribution in [0.3, 0.4) is 0 Å². The summed E-state index contributed by atoms with van der Waals surface area (Å²) in [6.45, 7) is 0. The van der Waals surface area contributed by atoms with Gasteiger partial charge in [-0.1, -0.05) is 11.6 Å². The summed E-state index contributed by atoms with van der Waals surface area (Å²) in [6, 6.07) is 10.3. The van der Waals surface area contributed by atoms with Crippen molar-refractivity contribution in [2.24, 2.45) is 0 Å². The van der Waals surface area contributed by atoms with Crippen molar-refractivity contribution in [2.75, 3.05) is 12.4 Å². The number of aromatic nitrogens is 4. The summed E-state index contributed by atoms with van der Waals surface area (Å²) >= 11 is 6.24. The van der Waals surface area contributed by atoms with Gasteiger partial charge in [-0.25, -0.2) is 9.50 Å².